The third-order valence-corrected chi connectivity index (χ3v) is 4.53. The Hall–Kier alpha value is -0.940. The lowest BCUT2D eigenvalue weighted by Crippen LogP contribution is -2.51. The number of carbonyl (C=O) groups is 1. The molecule has 0 radical (unpaired) electrons. The molecule has 9 nitrogen and oxygen atoms in total. The number of nitrogens with one attached hydrogen (secondary N) is 2. The molecular weight excluding hydrogens is 300 g/mol. The van der Waals surface area contributed by atoms with E-state index < -0.39 is 16.2 Å². The van der Waals surface area contributed by atoms with E-state index in [1.807, 2.05) is 0 Å². The molecule has 21 heavy (non-hydrogen) atoms. The summed E-state index contributed by atoms with van der Waals surface area (Å²) in [5.74, 6) is 0. The highest BCUT2D eigenvalue weighted by atomic mass is 32.2. The van der Waals surface area contributed by atoms with Crippen molar-refractivity contribution in [2.24, 2.45) is 0 Å². The van der Waals surface area contributed by atoms with Crippen LogP contribution in [0.15, 0.2) is 0 Å². The first-order chi connectivity index (χ1) is 9.91. The number of ether oxygens (including phenoxy) is 2. The van der Waals surface area contributed by atoms with Crippen molar-refractivity contribution in [1.82, 2.24) is 19.2 Å². The Bertz CT molecular complexity index is 390. The molecule has 0 aromatic heterocycles. The summed E-state index contributed by atoms with van der Waals surface area (Å²) in [6, 6.07) is -0.674. The lowest BCUT2D eigenvalue weighted by Gasteiger charge is -2.27. The average Bonchev–Trinajstić information content (AvgIpc) is 2.45. The Morgan fingerprint density at radius 1 is 1.10 bits per heavy atom. The number of rotatable bonds is 11. The van der Waals surface area contributed by atoms with Crippen LogP contribution in [0.2, 0.25) is 0 Å². The van der Waals surface area contributed by atoms with Gasteiger partial charge in [0.25, 0.3) is 0 Å². The first kappa shape index (κ1) is 20.1. The van der Waals surface area contributed by atoms with Crippen molar-refractivity contribution in [3.63, 3.8) is 0 Å². The first-order valence-electron chi connectivity index (χ1n) is 6.56. The molecule has 0 spiro atoms. The highest BCUT2D eigenvalue weighted by Gasteiger charge is 2.30. The predicted molar refractivity (Wildman–Crippen MR) is 79.3 cm³/mol. The van der Waals surface area contributed by atoms with Crippen LogP contribution in [0.5, 0.6) is 0 Å². The zero-order valence-corrected chi connectivity index (χ0v) is 13.9. The van der Waals surface area contributed by atoms with E-state index >= 15 is 0 Å². The van der Waals surface area contributed by atoms with Crippen molar-refractivity contribution >= 4 is 16.2 Å². The van der Waals surface area contributed by atoms with Crippen molar-refractivity contribution < 1.29 is 22.7 Å². The zero-order valence-electron chi connectivity index (χ0n) is 13.1. The van der Waals surface area contributed by atoms with Crippen molar-refractivity contribution in [3.05, 3.63) is 0 Å². The molecule has 0 aliphatic heterocycles. The molecule has 0 aromatic carbocycles. The fourth-order valence-electron chi connectivity index (χ4n) is 1.38. The maximum Gasteiger partial charge on any atom is 0.332 e. The van der Waals surface area contributed by atoms with E-state index in [2.05, 4.69) is 10.6 Å². The van der Waals surface area contributed by atoms with Crippen LogP contribution in [-0.4, -0.2) is 90.8 Å². The molecule has 0 bridgehead atoms. The van der Waals surface area contributed by atoms with E-state index in [0.717, 1.165) is 8.61 Å². The van der Waals surface area contributed by atoms with Gasteiger partial charge in [-0.1, -0.05) is 0 Å². The molecule has 0 fully saturated rings. The smallest absolute Gasteiger partial charge is 0.332 e. The fraction of sp³-hybridized carbons (Fsp3) is 0.909. The van der Waals surface area contributed by atoms with Crippen LogP contribution < -0.4 is 10.6 Å². The van der Waals surface area contributed by atoms with E-state index in [1.54, 1.807) is 7.05 Å². The molecule has 0 unspecified atom stereocenters. The van der Waals surface area contributed by atoms with Crippen LogP contribution in [0.3, 0.4) is 0 Å². The molecule has 126 valence electrons. The summed E-state index contributed by atoms with van der Waals surface area (Å²) < 4.78 is 36.3. The monoisotopic (exact) mass is 326 g/mol. The number of likely N-dealkylation sites (N-methyl/N-ethyl adjacent to an activating group) is 2. The summed E-state index contributed by atoms with van der Waals surface area (Å²) in [5.41, 5.74) is 0. The van der Waals surface area contributed by atoms with Gasteiger partial charge in [-0.15, -0.1) is 0 Å². The molecular formula is C11H26N4O5S. The van der Waals surface area contributed by atoms with Gasteiger partial charge in [-0.25, -0.2) is 9.10 Å². The molecule has 10 heteroatoms. The minimum atomic E-state index is -3.91. The van der Waals surface area contributed by atoms with Gasteiger partial charge in [0.15, 0.2) is 0 Å². The summed E-state index contributed by atoms with van der Waals surface area (Å²) in [5, 5.41) is 5.40. The number of amides is 2. The second-order valence-corrected chi connectivity index (χ2v) is 6.18. The highest BCUT2D eigenvalue weighted by molar-refractivity contribution is 7.87. The number of hydrogen-bond acceptors (Lipinski definition) is 6. The third-order valence-electron chi connectivity index (χ3n) is 2.66. The molecule has 0 aromatic rings. The van der Waals surface area contributed by atoms with E-state index in [0.29, 0.717) is 13.1 Å². The number of urea groups is 1. The molecule has 0 saturated heterocycles. The first-order valence-corrected chi connectivity index (χ1v) is 7.95. The normalized spacial score (nSPS) is 11.7. The van der Waals surface area contributed by atoms with Gasteiger partial charge in [0.2, 0.25) is 0 Å². The number of methoxy groups -OCH3 is 2. The van der Waals surface area contributed by atoms with Crippen molar-refractivity contribution in [3.8, 4) is 0 Å². The topological polar surface area (TPSA) is 100 Å². The van der Waals surface area contributed by atoms with Gasteiger partial charge in [0, 0.05) is 40.9 Å². The van der Waals surface area contributed by atoms with Crippen molar-refractivity contribution in [2.75, 3.05) is 67.7 Å². The maximum absolute atomic E-state index is 12.4. The fourth-order valence-corrected chi connectivity index (χ4v) is 2.60. The third kappa shape index (κ3) is 7.05. The Labute approximate surface area is 126 Å². The highest BCUT2D eigenvalue weighted by Crippen LogP contribution is 2.06. The molecule has 0 heterocycles. The van der Waals surface area contributed by atoms with Crippen LogP contribution in [0.1, 0.15) is 0 Å². The molecule has 0 rings (SSSR count). The average molecular weight is 326 g/mol. The van der Waals surface area contributed by atoms with Crippen LogP contribution >= 0.6 is 0 Å². The number of hydrogen-bond donors (Lipinski definition) is 2. The van der Waals surface area contributed by atoms with Gasteiger partial charge in [-0.3, -0.25) is 0 Å². The minimum absolute atomic E-state index is 0.0540. The van der Waals surface area contributed by atoms with Crippen LogP contribution in [0, 0.1) is 0 Å². The second-order valence-electron chi connectivity index (χ2n) is 4.22. The summed E-state index contributed by atoms with van der Waals surface area (Å²) in [7, 11) is 2.15. The van der Waals surface area contributed by atoms with Gasteiger partial charge in [0.05, 0.1) is 19.8 Å². The predicted octanol–water partition coefficient (Wildman–Crippen LogP) is -1.31. The number of nitrogens with zero attached hydrogens (tertiary/aromatic N) is 2. The quantitative estimate of drug-likeness (QED) is 0.457. The van der Waals surface area contributed by atoms with Gasteiger partial charge in [0.1, 0.15) is 0 Å². The molecule has 0 atom stereocenters. The summed E-state index contributed by atoms with van der Waals surface area (Å²) in [4.78, 5) is 12.0. The summed E-state index contributed by atoms with van der Waals surface area (Å²) in [6.45, 7) is 1.35. The second kappa shape index (κ2) is 10.7. The molecule has 2 N–H and O–H groups in total. The van der Waals surface area contributed by atoms with E-state index in [4.69, 9.17) is 9.47 Å². The largest absolute Gasteiger partial charge is 0.383 e. The summed E-state index contributed by atoms with van der Waals surface area (Å²) in [6.07, 6.45) is 0. The maximum atomic E-state index is 12.4. The standard InChI is InChI=1S/C11H26N4O5S/c1-12-5-6-13-11(16)15(8-10-20-4)21(17,18)14(2)7-9-19-3/h12H,5-10H2,1-4H3,(H,13,16). The van der Waals surface area contributed by atoms with E-state index in [1.165, 1.54) is 21.3 Å². The van der Waals surface area contributed by atoms with E-state index in [9.17, 15) is 13.2 Å². The SMILES string of the molecule is CNCCNC(=O)N(CCOC)S(=O)(=O)N(C)CCOC. The van der Waals surface area contributed by atoms with Gasteiger partial charge in [-0.05, 0) is 7.05 Å². The lowest BCUT2D eigenvalue weighted by atomic mass is 10.6. The zero-order chi connectivity index (χ0) is 16.3. The van der Waals surface area contributed by atoms with Gasteiger partial charge in [-0.2, -0.15) is 12.7 Å². The van der Waals surface area contributed by atoms with Gasteiger partial charge < -0.3 is 20.1 Å². The molecule has 0 saturated carbocycles. The Kier molecular flexibility index (Phi) is 10.3. The Balaban J connectivity index is 4.88. The van der Waals surface area contributed by atoms with Gasteiger partial charge >= 0.3 is 16.2 Å². The van der Waals surface area contributed by atoms with E-state index in [-0.39, 0.29) is 26.3 Å². The van der Waals surface area contributed by atoms with Crippen molar-refractivity contribution in [1.29, 1.82) is 0 Å². The Morgan fingerprint density at radius 2 is 1.67 bits per heavy atom. The summed E-state index contributed by atoms with van der Waals surface area (Å²) >= 11 is 0. The number of carbonyl (C=O) groups excluding carboxylic acids is 1. The molecule has 0 aliphatic carbocycles. The van der Waals surface area contributed by atoms with Crippen LogP contribution in [0.25, 0.3) is 0 Å². The minimum Gasteiger partial charge on any atom is -0.383 e. The van der Waals surface area contributed by atoms with Crippen LogP contribution in [-0.2, 0) is 19.7 Å². The Morgan fingerprint density at radius 3 is 2.19 bits per heavy atom. The lowest BCUT2D eigenvalue weighted by molar-refractivity contribution is 0.167. The molecule has 2 amide bonds. The molecule has 0 aliphatic rings. The van der Waals surface area contributed by atoms with Crippen LogP contribution in [0.4, 0.5) is 4.79 Å². The van der Waals surface area contributed by atoms with Crippen molar-refractivity contribution in [2.45, 2.75) is 0 Å².